The molecule has 2 aromatic heterocycles. The zero-order chi connectivity index (χ0) is 13.2. The third kappa shape index (κ3) is 2.63. The second kappa shape index (κ2) is 5.75. The number of thiophene rings is 1. The van der Waals surface area contributed by atoms with Gasteiger partial charge in [0.1, 0.15) is 5.82 Å². The SMILES string of the molecule is CNc1nc(-c2cccs2)nc(C2CCCC2)c1I. The van der Waals surface area contributed by atoms with E-state index >= 15 is 0 Å². The molecule has 1 saturated carbocycles. The van der Waals surface area contributed by atoms with Crippen LogP contribution in [0.3, 0.4) is 0 Å². The minimum atomic E-state index is 0.612. The molecule has 3 rings (SSSR count). The zero-order valence-electron chi connectivity index (χ0n) is 10.8. The lowest BCUT2D eigenvalue weighted by molar-refractivity contribution is 0.691. The molecule has 0 bridgehead atoms. The van der Waals surface area contributed by atoms with Crippen molar-refractivity contribution in [3.63, 3.8) is 0 Å². The molecule has 19 heavy (non-hydrogen) atoms. The summed E-state index contributed by atoms with van der Waals surface area (Å²) in [5.74, 6) is 2.43. The van der Waals surface area contributed by atoms with Gasteiger partial charge < -0.3 is 5.32 Å². The van der Waals surface area contributed by atoms with Crippen LogP contribution in [0.2, 0.25) is 0 Å². The van der Waals surface area contributed by atoms with Crippen molar-refractivity contribution in [2.75, 3.05) is 12.4 Å². The first kappa shape index (κ1) is 13.3. The molecule has 0 aliphatic heterocycles. The maximum Gasteiger partial charge on any atom is 0.171 e. The summed E-state index contributed by atoms with van der Waals surface area (Å²) in [5, 5.41) is 5.28. The highest BCUT2D eigenvalue weighted by atomic mass is 127. The summed E-state index contributed by atoms with van der Waals surface area (Å²) in [6.07, 6.45) is 5.18. The first-order chi connectivity index (χ1) is 9.29. The van der Waals surface area contributed by atoms with Gasteiger partial charge in [-0.25, -0.2) is 9.97 Å². The molecule has 2 heterocycles. The smallest absolute Gasteiger partial charge is 0.171 e. The fourth-order valence-corrected chi connectivity index (χ4v) is 4.22. The third-order valence-electron chi connectivity index (χ3n) is 3.60. The Morgan fingerprint density at radius 3 is 2.74 bits per heavy atom. The molecule has 0 spiro atoms. The summed E-state index contributed by atoms with van der Waals surface area (Å²) < 4.78 is 1.19. The van der Waals surface area contributed by atoms with E-state index in [1.165, 1.54) is 34.9 Å². The molecular weight excluding hydrogens is 369 g/mol. The number of rotatable bonds is 3. The van der Waals surface area contributed by atoms with E-state index in [4.69, 9.17) is 4.98 Å². The third-order valence-corrected chi connectivity index (χ3v) is 5.53. The summed E-state index contributed by atoms with van der Waals surface area (Å²) in [6.45, 7) is 0. The van der Waals surface area contributed by atoms with Crippen LogP contribution < -0.4 is 5.32 Å². The molecule has 3 nitrogen and oxygen atoms in total. The van der Waals surface area contributed by atoms with Crippen LogP contribution in [-0.4, -0.2) is 17.0 Å². The van der Waals surface area contributed by atoms with Crippen molar-refractivity contribution in [2.24, 2.45) is 0 Å². The van der Waals surface area contributed by atoms with Crippen molar-refractivity contribution < 1.29 is 0 Å². The normalized spacial score (nSPS) is 15.9. The minimum Gasteiger partial charge on any atom is -0.372 e. The predicted octanol–water partition coefficient (Wildman–Crippen LogP) is 4.51. The molecule has 0 saturated heterocycles. The van der Waals surface area contributed by atoms with Gasteiger partial charge in [0, 0.05) is 13.0 Å². The topological polar surface area (TPSA) is 37.8 Å². The van der Waals surface area contributed by atoms with Crippen molar-refractivity contribution in [3.05, 3.63) is 26.8 Å². The minimum absolute atomic E-state index is 0.612. The zero-order valence-corrected chi connectivity index (χ0v) is 13.8. The number of hydrogen-bond donors (Lipinski definition) is 1. The largest absolute Gasteiger partial charge is 0.372 e. The van der Waals surface area contributed by atoms with Crippen molar-refractivity contribution >= 4 is 39.7 Å². The first-order valence-corrected chi connectivity index (χ1v) is 8.54. The highest BCUT2D eigenvalue weighted by Gasteiger charge is 2.24. The van der Waals surface area contributed by atoms with Gasteiger partial charge >= 0.3 is 0 Å². The summed E-state index contributed by atoms with van der Waals surface area (Å²) in [4.78, 5) is 10.6. The Labute approximate surface area is 131 Å². The summed E-state index contributed by atoms with van der Waals surface area (Å²) in [7, 11) is 1.93. The van der Waals surface area contributed by atoms with Crippen LogP contribution in [0, 0.1) is 3.57 Å². The number of hydrogen-bond acceptors (Lipinski definition) is 4. The van der Waals surface area contributed by atoms with E-state index in [1.807, 2.05) is 7.05 Å². The van der Waals surface area contributed by atoms with E-state index in [-0.39, 0.29) is 0 Å². The lowest BCUT2D eigenvalue weighted by Gasteiger charge is -2.15. The molecule has 1 fully saturated rings. The van der Waals surface area contributed by atoms with Gasteiger partial charge in [-0.3, -0.25) is 0 Å². The van der Waals surface area contributed by atoms with Gasteiger partial charge in [-0.1, -0.05) is 18.9 Å². The first-order valence-electron chi connectivity index (χ1n) is 6.58. The van der Waals surface area contributed by atoms with E-state index in [0.717, 1.165) is 16.5 Å². The molecule has 100 valence electrons. The van der Waals surface area contributed by atoms with Gasteiger partial charge in [0.25, 0.3) is 0 Å². The molecule has 0 radical (unpaired) electrons. The number of anilines is 1. The van der Waals surface area contributed by atoms with Gasteiger partial charge in [0.15, 0.2) is 5.82 Å². The predicted molar refractivity (Wildman–Crippen MR) is 88.8 cm³/mol. The number of nitrogens with one attached hydrogen (secondary N) is 1. The van der Waals surface area contributed by atoms with Gasteiger partial charge in [-0.05, 0) is 46.9 Å². The Kier molecular flexibility index (Phi) is 4.02. The lowest BCUT2D eigenvalue weighted by Crippen LogP contribution is -2.07. The molecule has 2 aromatic rings. The maximum atomic E-state index is 4.86. The molecule has 0 aromatic carbocycles. The average molecular weight is 385 g/mol. The van der Waals surface area contributed by atoms with Crippen LogP contribution in [0.15, 0.2) is 17.5 Å². The van der Waals surface area contributed by atoms with Gasteiger partial charge in [0.05, 0.1) is 14.1 Å². The molecule has 0 unspecified atom stereocenters. The summed E-state index contributed by atoms with van der Waals surface area (Å²) in [5.41, 5.74) is 1.24. The van der Waals surface area contributed by atoms with E-state index in [1.54, 1.807) is 11.3 Å². The summed E-state index contributed by atoms with van der Waals surface area (Å²) in [6, 6.07) is 4.14. The molecule has 0 atom stereocenters. The van der Waals surface area contributed by atoms with E-state index in [9.17, 15) is 0 Å². The lowest BCUT2D eigenvalue weighted by atomic mass is 10.0. The number of halogens is 1. The monoisotopic (exact) mass is 385 g/mol. The van der Waals surface area contributed by atoms with Crippen molar-refractivity contribution in [1.29, 1.82) is 0 Å². The number of aromatic nitrogens is 2. The average Bonchev–Trinajstić information content (AvgIpc) is 3.12. The Morgan fingerprint density at radius 1 is 1.32 bits per heavy atom. The Hall–Kier alpha value is -0.690. The second-order valence-electron chi connectivity index (χ2n) is 4.80. The van der Waals surface area contributed by atoms with Crippen molar-refractivity contribution in [3.8, 4) is 10.7 Å². The van der Waals surface area contributed by atoms with Crippen LogP contribution >= 0.6 is 33.9 Å². The quantitative estimate of drug-likeness (QED) is 0.791. The Balaban J connectivity index is 2.09. The van der Waals surface area contributed by atoms with E-state index in [0.29, 0.717) is 5.92 Å². The van der Waals surface area contributed by atoms with Crippen LogP contribution in [0.5, 0.6) is 0 Å². The number of nitrogens with zero attached hydrogens (tertiary/aromatic N) is 2. The summed E-state index contributed by atoms with van der Waals surface area (Å²) >= 11 is 4.08. The van der Waals surface area contributed by atoms with Crippen molar-refractivity contribution in [1.82, 2.24) is 9.97 Å². The van der Waals surface area contributed by atoms with Crippen LogP contribution in [-0.2, 0) is 0 Å². The molecule has 5 heteroatoms. The van der Waals surface area contributed by atoms with Crippen LogP contribution in [0.25, 0.3) is 10.7 Å². The standard InChI is InChI=1S/C14H16IN3S/c1-16-14-11(15)12(9-5-2-3-6-9)17-13(18-14)10-7-4-8-19-10/h4,7-9H,2-3,5-6H2,1H3,(H,16,17,18). The van der Waals surface area contributed by atoms with Crippen LogP contribution in [0.1, 0.15) is 37.3 Å². The maximum absolute atomic E-state index is 4.86. The highest BCUT2D eigenvalue weighted by molar-refractivity contribution is 14.1. The van der Waals surface area contributed by atoms with Gasteiger partial charge in [-0.15, -0.1) is 11.3 Å². The molecule has 1 N–H and O–H groups in total. The van der Waals surface area contributed by atoms with Gasteiger partial charge in [0.2, 0.25) is 0 Å². The Bertz CT molecular complexity index is 562. The van der Waals surface area contributed by atoms with Crippen LogP contribution in [0.4, 0.5) is 5.82 Å². The highest BCUT2D eigenvalue weighted by Crippen LogP contribution is 2.38. The van der Waals surface area contributed by atoms with E-state index < -0.39 is 0 Å². The second-order valence-corrected chi connectivity index (χ2v) is 6.83. The fourth-order valence-electron chi connectivity index (χ4n) is 2.62. The fraction of sp³-hybridized carbons (Fsp3) is 0.429. The van der Waals surface area contributed by atoms with E-state index in [2.05, 4.69) is 50.4 Å². The molecular formula is C14H16IN3S. The molecule has 0 amide bonds. The van der Waals surface area contributed by atoms with Gasteiger partial charge in [-0.2, -0.15) is 0 Å². The van der Waals surface area contributed by atoms with Crippen molar-refractivity contribution in [2.45, 2.75) is 31.6 Å². The molecule has 1 aliphatic carbocycles. The Morgan fingerprint density at radius 2 is 2.11 bits per heavy atom. The molecule has 1 aliphatic rings.